The van der Waals surface area contributed by atoms with Gasteiger partial charge in [-0.25, -0.2) is 9.97 Å². The maximum absolute atomic E-state index is 11.9. The molecule has 6 nitrogen and oxygen atoms in total. The lowest BCUT2D eigenvalue weighted by Crippen LogP contribution is -2.43. The van der Waals surface area contributed by atoms with Crippen molar-refractivity contribution in [2.45, 2.75) is 45.1 Å². The summed E-state index contributed by atoms with van der Waals surface area (Å²) in [6, 6.07) is 0. The van der Waals surface area contributed by atoms with Crippen LogP contribution in [0.5, 0.6) is 0 Å². The van der Waals surface area contributed by atoms with Crippen LogP contribution in [0, 0.1) is 0 Å². The Morgan fingerprint density at radius 3 is 2.42 bits per heavy atom. The highest BCUT2D eigenvalue weighted by molar-refractivity contribution is 5.96. The van der Waals surface area contributed by atoms with Gasteiger partial charge in [0.1, 0.15) is 0 Å². The average molecular weight is 266 g/mol. The fraction of sp³-hybridized carbons (Fsp3) is 0.615. The van der Waals surface area contributed by atoms with E-state index < -0.39 is 11.5 Å². The van der Waals surface area contributed by atoms with Gasteiger partial charge in [-0.3, -0.25) is 4.79 Å². The lowest BCUT2D eigenvalue weighted by Gasteiger charge is -2.27. The Labute approximate surface area is 113 Å². The Bertz CT molecular complexity index is 417. The van der Waals surface area contributed by atoms with E-state index in [1.165, 1.54) is 12.4 Å². The Hall–Kier alpha value is -1.69. The van der Waals surface area contributed by atoms with E-state index in [0.717, 1.165) is 12.8 Å². The summed E-state index contributed by atoms with van der Waals surface area (Å²) in [5, 5.41) is 13.1. The Morgan fingerprint density at radius 1 is 1.32 bits per heavy atom. The summed E-state index contributed by atoms with van der Waals surface area (Å²) in [6.07, 6.45) is 5.86. The van der Waals surface area contributed by atoms with Crippen LogP contribution >= 0.6 is 0 Å². The molecule has 0 saturated heterocycles. The molecule has 1 aromatic rings. The average Bonchev–Trinajstić information content (AvgIpc) is 2.37. The molecule has 0 radical (unpaired) electrons. The van der Waals surface area contributed by atoms with E-state index >= 15 is 0 Å². The van der Waals surface area contributed by atoms with Crippen LogP contribution in [0.15, 0.2) is 12.4 Å². The summed E-state index contributed by atoms with van der Waals surface area (Å²) in [7, 11) is 0. The van der Waals surface area contributed by atoms with E-state index in [1.54, 1.807) is 0 Å². The van der Waals surface area contributed by atoms with E-state index in [0.29, 0.717) is 12.8 Å². The number of hydrogen-bond acceptors (Lipinski definition) is 5. The molecule has 1 amide bonds. The Kier molecular flexibility index (Phi) is 5.69. The van der Waals surface area contributed by atoms with Gasteiger partial charge in [-0.2, -0.15) is 0 Å². The molecule has 19 heavy (non-hydrogen) atoms. The van der Waals surface area contributed by atoms with E-state index in [2.05, 4.69) is 15.3 Å². The van der Waals surface area contributed by atoms with Gasteiger partial charge in [0.25, 0.3) is 5.91 Å². The molecule has 0 unspecified atom stereocenters. The molecule has 0 fully saturated rings. The number of aromatic nitrogens is 2. The number of hydrogen-bond donors (Lipinski definition) is 3. The normalized spacial score (nSPS) is 11.3. The third-order valence-corrected chi connectivity index (χ3v) is 2.95. The van der Waals surface area contributed by atoms with Crippen LogP contribution in [0.4, 0.5) is 5.82 Å². The molecule has 0 spiro atoms. The number of nitrogen functional groups attached to an aromatic ring is 1. The molecule has 1 aromatic heterocycles. The van der Waals surface area contributed by atoms with E-state index in [-0.39, 0.29) is 18.1 Å². The predicted molar refractivity (Wildman–Crippen MR) is 73.5 cm³/mol. The molecule has 0 saturated carbocycles. The van der Waals surface area contributed by atoms with Crippen LogP contribution in [0.1, 0.15) is 50.0 Å². The summed E-state index contributed by atoms with van der Waals surface area (Å²) < 4.78 is 0. The lowest BCUT2D eigenvalue weighted by atomic mass is 9.92. The number of carbonyl (C=O) groups excluding carboxylic acids is 1. The second kappa shape index (κ2) is 7.04. The zero-order chi connectivity index (χ0) is 14.3. The van der Waals surface area contributed by atoms with Gasteiger partial charge in [-0.15, -0.1) is 0 Å². The summed E-state index contributed by atoms with van der Waals surface area (Å²) in [6.45, 7) is 4.20. The molecule has 106 valence electrons. The number of aliphatic hydroxyl groups is 1. The zero-order valence-electron chi connectivity index (χ0n) is 11.5. The van der Waals surface area contributed by atoms with Gasteiger partial charge in [0.05, 0.1) is 5.60 Å². The molecular formula is C13H22N4O2. The second-order valence-electron chi connectivity index (χ2n) is 4.70. The number of carbonyl (C=O) groups is 1. The van der Waals surface area contributed by atoms with Crippen molar-refractivity contribution in [2.75, 3.05) is 12.3 Å². The Balaban J connectivity index is 2.64. The van der Waals surface area contributed by atoms with Crippen LogP contribution in [0.3, 0.4) is 0 Å². The molecular weight excluding hydrogens is 244 g/mol. The number of anilines is 1. The summed E-state index contributed by atoms with van der Waals surface area (Å²) in [4.78, 5) is 19.6. The van der Waals surface area contributed by atoms with Crippen molar-refractivity contribution in [1.82, 2.24) is 15.3 Å². The molecule has 1 rings (SSSR count). The van der Waals surface area contributed by atoms with Crippen molar-refractivity contribution in [2.24, 2.45) is 0 Å². The minimum atomic E-state index is -0.865. The molecule has 0 atom stereocenters. The van der Waals surface area contributed by atoms with Crippen LogP contribution in [0.2, 0.25) is 0 Å². The number of nitrogens with two attached hydrogens (primary N) is 1. The maximum Gasteiger partial charge on any atom is 0.273 e. The SMILES string of the molecule is CCCC(O)(CCC)CNC(=O)c1nccnc1N. The molecule has 0 aliphatic carbocycles. The number of rotatable bonds is 7. The van der Waals surface area contributed by atoms with Crippen molar-refractivity contribution in [3.05, 3.63) is 18.1 Å². The highest BCUT2D eigenvalue weighted by Crippen LogP contribution is 2.18. The van der Waals surface area contributed by atoms with Gasteiger partial charge in [0, 0.05) is 18.9 Å². The molecule has 4 N–H and O–H groups in total. The molecule has 0 aliphatic heterocycles. The van der Waals surface area contributed by atoms with E-state index in [4.69, 9.17) is 5.73 Å². The van der Waals surface area contributed by atoms with Crippen molar-refractivity contribution in [1.29, 1.82) is 0 Å². The van der Waals surface area contributed by atoms with Crippen molar-refractivity contribution in [3.8, 4) is 0 Å². The largest absolute Gasteiger partial charge is 0.388 e. The first-order chi connectivity index (χ1) is 9.02. The van der Waals surface area contributed by atoms with Gasteiger partial charge in [-0.05, 0) is 12.8 Å². The first kappa shape index (κ1) is 15.4. The van der Waals surface area contributed by atoms with Gasteiger partial charge in [-0.1, -0.05) is 26.7 Å². The third kappa shape index (κ3) is 4.48. The predicted octanol–water partition coefficient (Wildman–Crippen LogP) is 1.12. The van der Waals surface area contributed by atoms with Gasteiger partial charge in [0.2, 0.25) is 0 Å². The third-order valence-electron chi connectivity index (χ3n) is 2.95. The Morgan fingerprint density at radius 2 is 1.89 bits per heavy atom. The summed E-state index contributed by atoms with van der Waals surface area (Å²) >= 11 is 0. The van der Waals surface area contributed by atoms with Crippen LogP contribution < -0.4 is 11.1 Å². The lowest BCUT2D eigenvalue weighted by molar-refractivity contribution is 0.0212. The second-order valence-corrected chi connectivity index (χ2v) is 4.70. The van der Waals surface area contributed by atoms with Crippen molar-refractivity contribution < 1.29 is 9.90 Å². The fourth-order valence-corrected chi connectivity index (χ4v) is 2.08. The van der Waals surface area contributed by atoms with Gasteiger partial charge < -0.3 is 16.2 Å². The van der Waals surface area contributed by atoms with Crippen LogP contribution in [0.25, 0.3) is 0 Å². The van der Waals surface area contributed by atoms with Gasteiger partial charge >= 0.3 is 0 Å². The smallest absolute Gasteiger partial charge is 0.273 e. The van der Waals surface area contributed by atoms with E-state index in [9.17, 15) is 9.90 Å². The monoisotopic (exact) mass is 266 g/mol. The molecule has 0 aliphatic rings. The standard InChI is InChI=1S/C13H22N4O2/c1-3-5-13(19,6-4-2)9-17-12(18)10-11(14)16-8-7-15-10/h7-8,19H,3-6,9H2,1-2H3,(H2,14,16)(H,17,18). The van der Waals surface area contributed by atoms with Crippen LogP contribution in [-0.4, -0.2) is 33.1 Å². The van der Waals surface area contributed by atoms with Crippen molar-refractivity contribution >= 4 is 11.7 Å². The molecule has 0 bridgehead atoms. The number of amides is 1. The number of nitrogens with zero attached hydrogens (tertiary/aromatic N) is 2. The molecule has 1 heterocycles. The first-order valence-corrected chi connectivity index (χ1v) is 6.59. The molecule has 6 heteroatoms. The maximum atomic E-state index is 11.9. The van der Waals surface area contributed by atoms with Gasteiger partial charge in [0.15, 0.2) is 11.5 Å². The minimum Gasteiger partial charge on any atom is -0.388 e. The highest BCUT2D eigenvalue weighted by atomic mass is 16.3. The first-order valence-electron chi connectivity index (χ1n) is 6.59. The summed E-state index contributed by atoms with van der Waals surface area (Å²) in [5.74, 6) is -0.314. The zero-order valence-corrected chi connectivity index (χ0v) is 11.5. The van der Waals surface area contributed by atoms with E-state index in [1.807, 2.05) is 13.8 Å². The highest BCUT2D eigenvalue weighted by Gasteiger charge is 2.26. The quantitative estimate of drug-likeness (QED) is 0.686. The topological polar surface area (TPSA) is 101 Å². The fourth-order valence-electron chi connectivity index (χ4n) is 2.08. The summed E-state index contributed by atoms with van der Waals surface area (Å²) in [5.41, 5.74) is 4.81. The van der Waals surface area contributed by atoms with Crippen molar-refractivity contribution in [3.63, 3.8) is 0 Å². The minimum absolute atomic E-state index is 0.0922. The van der Waals surface area contributed by atoms with Crippen LogP contribution in [-0.2, 0) is 0 Å². The number of nitrogens with one attached hydrogen (secondary N) is 1. The molecule has 0 aromatic carbocycles.